The molecule has 0 aliphatic heterocycles. The van der Waals surface area contributed by atoms with Crippen LogP contribution in [0.4, 0.5) is 51.8 Å². The van der Waals surface area contributed by atoms with Gasteiger partial charge in [-0.1, -0.05) is 39.5 Å². The summed E-state index contributed by atoms with van der Waals surface area (Å²) in [5.41, 5.74) is 2.73. The Bertz CT molecular complexity index is 508. The molecule has 0 aromatic heterocycles. The molecule has 2 aliphatic rings. The molecule has 1 radical (unpaired) electrons. The molecular formula is C16H22B3F12Fe. The van der Waals surface area contributed by atoms with Crippen LogP contribution >= 0.6 is 0 Å². The maximum Gasteiger partial charge on any atom is 5.00 e. The van der Waals surface area contributed by atoms with Crippen LogP contribution < -0.4 is 0 Å². The van der Waals surface area contributed by atoms with Gasteiger partial charge >= 0.3 is 38.8 Å². The van der Waals surface area contributed by atoms with Crippen molar-refractivity contribution < 1.29 is 68.9 Å². The van der Waals surface area contributed by atoms with E-state index in [4.69, 9.17) is 0 Å². The SMILES string of the molecule is CC(C)C1=[C-]CC=C1.CC(C)C1=[C-]CC=C1.F[B-](F)(F)F.F[B-](F)(F)F.F[B-](F)(F)F.[Fe+5]. The van der Waals surface area contributed by atoms with Crippen LogP contribution in [0.15, 0.2) is 35.5 Å². The predicted molar refractivity (Wildman–Crippen MR) is 101 cm³/mol. The van der Waals surface area contributed by atoms with Crippen LogP contribution in [0.2, 0.25) is 0 Å². The summed E-state index contributed by atoms with van der Waals surface area (Å²) < 4.78 is 117. The summed E-state index contributed by atoms with van der Waals surface area (Å²) in [4.78, 5) is 0. The van der Waals surface area contributed by atoms with Crippen molar-refractivity contribution in [2.75, 3.05) is 0 Å². The molecule has 0 atom stereocenters. The Labute approximate surface area is 191 Å². The Morgan fingerprint density at radius 2 is 0.750 bits per heavy atom. The molecule has 0 fully saturated rings. The van der Waals surface area contributed by atoms with E-state index in [2.05, 4.69) is 64.2 Å². The Morgan fingerprint density at radius 1 is 0.562 bits per heavy atom. The van der Waals surface area contributed by atoms with Crippen LogP contribution in [0.5, 0.6) is 0 Å². The first-order valence-corrected chi connectivity index (χ1v) is 8.77. The van der Waals surface area contributed by atoms with Crippen molar-refractivity contribution in [3.8, 4) is 0 Å². The third-order valence-electron chi connectivity index (χ3n) is 2.69. The van der Waals surface area contributed by atoms with Crippen molar-refractivity contribution in [3.63, 3.8) is 0 Å². The summed E-state index contributed by atoms with van der Waals surface area (Å²) in [6, 6.07) is 0. The van der Waals surface area contributed by atoms with E-state index in [1.54, 1.807) is 0 Å². The van der Waals surface area contributed by atoms with Crippen molar-refractivity contribution in [2.45, 2.75) is 40.5 Å². The van der Waals surface area contributed by atoms with Gasteiger partial charge in [0.1, 0.15) is 0 Å². The van der Waals surface area contributed by atoms with Crippen molar-refractivity contribution in [1.29, 1.82) is 0 Å². The van der Waals surface area contributed by atoms with E-state index in [1.165, 1.54) is 11.1 Å². The van der Waals surface area contributed by atoms with Gasteiger partial charge < -0.3 is 51.8 Å². The monoisotopic (exact) mass is 531 g/mol. The smallest absolute Gasteiger partial charge is 0.418 e. The van der Waals surface area contributed by atoms with E-state index < -0.39 is 21.8 Å². The molecule has 32 heavy (non-hydrogen) atoms. The normalized spacial score (nSPS) is 14.4. The van der Waals surface area contributed by atoms with Crippen molar-refractivity contribution in [2.24, 2.45) is 11.8 Å². The van der Waals surface area contributed by atoms with E-state index >= 15 is 0 Å². The van der Waals surface area contributed by atoms with E-state index in [0.717, 1.165) is 12.8 Å². The fourth-order valence-electron chi connectivity index (χ4n) is 1.64. The number of hydrogen-bond acceptors (Lipinski definition) is 0. The molecule has 0 nitrogen and oxygen atoms in total. The molecule has 0 saturated carbocycles. The molecule has 0 aromatic rings. The average Bonchev–Trinajstić information content (AvgIpc) is 3.17. The fourth-order valence-corrected chi connectivity index (χ4v) is 1.64. The van der Waals surface area contributed by atoms with E-state index in [1.807, 2.05) is 0 Å². The van der Waals surface area contributed by atoms with Gasteiger partial charge in [0.15, 0.2) is 0 Å². The van der Waals surface area contributed by atoms with E-state index in [9.17, 15) is 51.8 Å². The molecule has 2 aliphatic carbocycles. The molecule has 0 aromatic carbocycles. The fraction of sp³-hybridized carbons (Fsp3) is 0.500. The molecular weight excluding hydrogens is 508 g/mol. The second-order valence-corrected chi connectivity index (χ2v) is 6.27. The minimum Gasteiger partial charge on any atom is -0.418 e. The predicted octanol–water partition coefficient (Wildman–Crippen LogP) is 8.56. The van der Waals surface area contributed by atoms with Crippen LogP contribution in [0.1, 0.15) is 40.5 Å². The molecule has 0 amide bonds. The average molecular weight is 531 g/mol. The summed E-state index contributed by atoms with van der Waals surface area (Å²) in [6.07, 6.45) is 17.2. The first-order valence-electron chi connectivity index (χ1n) is 8.77. The molecule has 187 valence electrons. The number of halogens is 12. The van der Waals surface area contributed by atoms with Crippen LogP contribution in [0.3, 0.4) is 0 Å². The first kappa shape index (κ1) is 38.1. The van der Waals surface area contributed by atoms with Crippen LogP contribution in [0.25, 0.3) is 0 Å². The molecule has 0 unspecified atom stereocenters. The van der Waals surface area contributed by atoms with Gasteiger partial charge in [-0.05, 0) is 0 Å². The molecule has 0 spiro atoms. The quantitative estimate of drug-likeness (QED) is 0.191. The maximum atomic E-state index is 9.75. The van der Waals surface area contributed by atoms with Gasteiger partial charge in [0.05, 0.1) is 0 Å². The van der Waals surface area contributed by atoms with E-state index in [-0.39, 0.29) is 17.1 Å². The first-order chi connectivity index (χ1) is 13.6. The molecule has 0 heterocycles. The second-order valence-electron chi connectivity index (χ2n) is 6.27. The zero-order valence-electron chi connectivity index (χ0n) is 17.5. The van der Waals surface area contributed by atoms with E-state index in [0.29, 0.717) is 11.8 Å². The van der Waals surface area contributed by atoms with Gasteiger partial charge in [-0.2, -0.15) is 12.2 Å². The van der Waals surface area contributed by atoms with Crippen LogP contribution in [0, 0.1) is 24.0 Å². The van der Waals surface area contributed by atoms with Gasteiger partial charge in [0.25, 0.3) is 0 Å². The molecule has 16 heteroatoms. The summed E-state index contributed by atoms with van der Waals surface area (Å²) >= 11 is 0. The maximum absolute atomic E-state index is 9.75. The summed E-state index contributed by atoms with van der Waals surface area (Å²) in [5.74, 6) is 1.32. The van der Waals surface area contributed by atoms with Gasteiger partial charge in [0.2, 0.25) is 0 Å². The summed E-state index contributed by atoms with van der Waals surface area (Å²) in [5, 5.41) is 0. The second kappa shape index (κ2) is 18.3. The van der Waals surface area contributed by atoms with Crippen molar-refractivity contribution >= 4 is 21.8 Å². The zero-order chi connectivity index (χ0) is 25.5. The number of allylic oxidation sites excluding steroid dienone is 8. The van der Waals surface area contributed by atoms with Crippen LogP contribution in [-0.2, 0) is 17.1 Å². The van der Waals surface area contributed by atoms with Crippen LogP contribution in [-0.4, -0.2) is 21.8 Å². The van der Waals surface area contributed by atoms with Crippen molar-refractivity contribution in [3.05, 3.63) is 47.6 Å². The summed E-state index contributed by atoms with van der Waals surface area (Å²) in [7, 11) is -18.0. The van der Waals surface area contributed by atoms with Gasteiger partial charge in [0, 0.05) is 0 Å². The molecule has 0 N–H and O–H groups in total. The third kappa shape index (κ3) is 51.5. The topological polar surface area (TPSA) is 0 Å². The zero-order valence-corrected chi connectivity index (χ0v) is 18.6. The Hall–Kier alpha value is -1.17. The Morgan fingerprint density at radius 3 is 0.812 bits per heavy atom. The van der Waals surface area contributed by atoms with Gasteiger partial charge in [-0.15, -0.1) is 12.8 Å². The van der Waals surface area contributed by atoms with Crippen molar-refractivity contribution in [1.82, 2.24) is 0 Å². The van der Waals surface area contributed by atoms with Gasteiger partial charge in [-0.3, -0.25) is 12.2 Å². The number of rotatable bonds is 2. The largest absolute Gasteiger partial charge is 5.00 e. The molecule has 2 rings (SSSR count). The Kier molecular flexibility index (Phi) is 21.8. The minimum absolute atomic E-state index is 0. The molecule has 0 saturated heterocycles. The standard InChI is InChI=1S/2C8H11.3BF4.Fe/c2*1-7(2)8-5-3-4-6-8;3*2-1(3,4)5;/h2*3,5,7H,4H2,1-2H3;;;;/q5*-1;+5. The minimum atomic E-state index is -6.00. The van der Waals surface area contributed by atoms with Gasteiger partial charge in [-0.25, -0.2) is 23.3 Å². The Balaban J connectivity index is -0.000000156. The summed E-state index contributed by atoms with van der Waals surface area (Å²) in [6.45, 7) is 8.77. The number of hydrogen-bond donors (Lipinski definition) is 0. The molecule has 0 bridgehead atoms. The third-order valence-corrected chi connectivity index (χ3v) is 2.69.